The Bertz CT molecular complexity index is 580. The van der Waals surface area contributed by atoms with Crippen LogP contribution in [0.1, 0.15) is 24.0 Å². The number of aryl methyl sites for hydroxylation is 1. The van der Waals surface area contributed by atoms with Crippen LogP contribution in [-0.4, -0.2) is 56.2 Å². The van der Waals surface area contributed by atoms with Gasteiger partial charge in [-0.15, -0.1) is 0 Å². The molecular formula is C18H26N2O4. The summed E-state index contributed by atoms with van der Waals surface area (Å²) in [7, 11) is 1.50. The zero-order valence-corrected chi connectivity index (χ0v) is 14.6. The molecule has 0 spiro atoms. The molecule has 6 nitrogen and oxygen atoms in total. The lowest BCUT2D eigenvalue weighted by molar-refractivity contribution is -0.134. The van der Waals surface area contributed by atoms with E-state index in [9.17, 15) is 9.59 Å². The number of carbonyl (C=O) groups excluding carboxylic acids is 2. The van der Waals surface area contributed by atoms with Gasteiger partial charge in [0.15, 0.2) is 6.61 Å². The predicted molar refractivity (Wildman–Crippen MR) is 91.0 cm³/mol. The molecule has 0 unspecified atom stereocenters. The standard InChI is InChI=1S/C18H26N2O4/c1-13-5-4-6-16(14(13)2)24-12-18(22)20-9-7-15(8-10-20)19-17(21)11-23-3/h4-6,15H,7-12H2,1-3H3,(H,19,21). The van der Waals surface area contributed by atoms with Crippen LogP contribution in [0.5, 0.6) is 5.75 Å². The molecule has 1 aliphatic heterocycles. The second kappa shape index (κ2) is 8.68. The van der Waals surface area contributed by atoms with Gasteiger partial charge < -0.3 is 19.7 Å². The average Bonchev–Trinajstić information content (AvgIpc) is 2.57. The molecule has 24 heavy (non-hydrogen) atoms. The molecule has 0 saturated carbocycles. The van der Waals surface area contributed by atoms with Gasteiger partial charge in [-0.1, -0.05) is 12.1 Å². The highest BCUT2D eigenvalue weighted by molar-refractivity contribution is 5.78. The third-order valence-corrected chi connectivity index (χ3v) is 4.39. The third-order valence-electron chi connectivity index (χ3n) is 4.39. The van der Waals surface area contributed by atoms with Crippen molar-refractivity contribution in [1.82, 2.24) is 10.2 Å². The number of benzene rings is 1. The number of hydrogen-bond acceptors (Lipinski definition) is 4. The largest absolute Gasteiger partial charge is 0.483 e. The average molecular weight is 334 g/mol. The Kier molecular flexibility index (Phi) is 6.61. The van der Waals surface area contributed by atoms with E-state index in [4.69, 9.17) is 9.47 Å². The van der Waals surface area contributed by atoms with Crippen LogP contribution in [-0.2, 0) is 14.3 Å². The molecule has 0 aliphatic carbocycles. The Morgan fingerprint density at radius 1 is 1.21 bits per heavy atom. The lowest BCUT2D eigenvalue weighted by atomic mass is 10.1. The molecule has 0 aromatic heterocycles. The second-order valence-corrected chi connectivity index (χ2v) is 6.14. The van der Waals surface area contributed by atoms with Crippen molar-refractivity contribution in [2.24, 2.45) is 0 Å². The van der Waals surface area contributed by atoms with E-state index in [0.29, 0.717) is 13.1 Å². The second-order valence-electron chi connectivity index (χ2n) is 6.14. The van der Waals surface area contributed by atoms with Gasteiger partial charge in [0.2, 0.25) is 5.91 Å². The molecule has 0 radical (unpaired) electrons. The van der Waals surface area contributed by atoms with Gasteiger partial charge in [-0.05, 0) is 43.9 Å². The van der Waals surface area contributed by atoms with Crippen LogP contribution in [0.3, 0.4) is 0 Å². The van der Waals surface area contributed by atoms with Crippen molar-refractivity contribution in [3.05, 3.63) is 29.3 Å². The number of hydrogen-bond donors (Lipinski definition) is 1. The smallest absolute Gasteiger partial charge is 0.260 e. The maximum absolute atomic E-state index is 12.3. The van der Waals surface area contributed by atoms with Gasteiger partial charge in [-0.25, -0.2) is 0 Å². The SMILES string of the molecule is COCC(=O)NC1CCN(C(=O)COc2cccc(C)c2C)CC1. The first-order chi connectivity index (χ1) is 11.5. The number of rotatable bonds is 6. The zero-order valence-electron chi connectivity index (χ0n) is 14.6. The van der Waals surface area contributed by atoms with Crippen LogP contribution in [0.15, 0.2) is 18.2 Å². The van der Waals surface area contributed by atoms with Gasteiger partial charge in [0.25, 0.3) is 5.91 Å². The summed E-state index contributed by atoms with van der Waals surface area (Å²) in [4.78, 5) is 25.6. The summed E-state index contributed by atoms with van der Waals surface area (Å²) in [5, 5.41) is 2.92. The van der Waals surface area contributed by atoms with Crippen molar-refractivity contribution >= 4 is 11.8 Å². The normalized spacial score (nSPS) is 15.2. The van der Waals surface area contributed by atoms with E-state index in [2.05, 4.69) is 5.32 Å². The van der Waals surface area contributed by atoms with Gasteiger partial charge in [-0.2, -0.15) is 0 Å². The van der Waals surface area contributed by atoms with E-state index in [1.807, 2.05) is 32.0 Å². The van der Waals surface area contributed by atoms with E-state index < -0.39 is 0 Å². The summed E-state index contributed by atoms with van der Waals surface area (Å²) in [5.41, 5.74) is 2.21. The molecule has 0 atom stereocenters. The highest BCUT2D eigenvalue weighted by Gasteiger charge is 2.24. The van der Waals surface area contributed by atoms with E-state index in [1.54, 1.807) is 4.90 Å². The molecule has 1 aromatic carbocycles. The summed E-state index contributed by atoms with van der Waals surface area (Å²) in [6.45, 7) is 5.39. The molecule has 2 amide bonds. The maximum atomic E-state index is 12.3. The minimum absolute atomic E-state index is 0.0161. The molecule has 1 aliphatic rings. The topological polar surface area (TPSA) is 67.9 Å². The third kappa shape index (κ3) is 4.96. The number of methoxy groups -OCH3 is 1. The summed E-state index contributed by atoms with van der Waals surface area (Å²) >= 11 is 0. The summed E-state index contributed by atoms with van der Waals surface area (Å²) in [6, 6.07) is 5.94. The summed E-state index contributed by atoms with van der Waals surface area (Å²) < 4.78 is 10.5. The molecule has 1 fully saturated rings. The maximum Gasteiger partial charge on any atom is 0.260 e. The number of piperidine rings is 1. The van der Waals surface area contributed by atoms with Crippen molar-refractivity contribution in [3.8, 4) is 5.75 Å². The number of ether oxygens (including phenoxy) is 2. The summed E-state index contributed by atoms with van der Waals surface area (Å²) in [6.07, 6.45) is 1.51. The molecule has 132 valence electrons. The zero-order chi connectivity index (χ0) is 17.5. The fourth-order valence-electron chi connectivity index (χ4n) is 2.78. The van der Waals surface area contributed by atoms with Gasteiger partial charge in [0.1, 0.15) is 12.4 Å². The first-order valence-corrected chi connectivity index (χ1v) is 8.26. The quantitative estimate of drug-likeness (QED) is 0.855. The van der Waals surface area contributed by atoms with Crippen molar-refractivity contribution in [2.45, 2.75) is 32.7 Å². The first-order valence-electron chi connectivity index (χ1n) is 8.26. The molecule has 0 bridgehead atoms. The number of likely N-dealkylation sites (tertiary alicyclic amines) is 1. The van der Waals surface area contributed by atoms with Crippen LogP contribution >= 0.6 is 0 Å². The Balaban J connectivity index is 1.76. The van der Waals surface area contributed by atoms with Crippen LogP contribution in [0.25, 0.3) is 0 Å². The number of nitrogens with one attached hydrogen (secondary N) is 1. The highest BCUT2D eigenvalue weighted by Crippen LogP contribution is 2.20. The molecule has 2 rings (SSSR count). The van der Waals surface area contributed by atoms with Crippen molar-refractivity contribution in [1.29, 1.82) is 0 Å². The van der Waals surface area contributed by atoms with Crippen molar-refractivity contribution < 1.29 is 19.1 Å². The van der Waals surface area contributed by atoms with Crippen LogP contribution < -0.4 is 10.1 Å². The lowest BCUT2D eigenvalue weighted by Crippen LogP contribution is -2.48. The molecular weight excluding hydrogens is 308 g/mol. The number of amides is 2. The highest BCUT2D eigenvalue weighted by atomic mass is 16.5. The molecule has 6 heteroatoms. The molecule has 1 heterocycles. The fraction of sp³-hybridized carbons (Fsp3) is 0.556. The van der Waals surface area contributed by atoms with E-state index in [-0.39, 0.29) is 31.1 Å². The van der Waals surface area contributed by atoms with E-state index >= 15 is 0 Å². The number of nitrogens with zero attached hydrogens (tertiary/aromatic N) is 1. The number of carbonyl (C=O) groups is 2. The fourth-order valence-corrected chi connectivity index (χ4v) is 2.78. The molecule has 1 aromatic rings. The van der Waals surface area contributed by atoms with Gasteiger partial charge in [-0.3, -0.25) is 9.59 Å². The monoisotopic (exact) mass is 334 g/mol. The minimum Gasteiger partial charge on any atom is -0.483 e. The molecule has 1 N–H and O–H groups in total. The van der Waals surface area contributed by atoms with Crippen LogP contribution in [0, 0.1) is 13.8 Å². The Hall–Kier alpha value is -2.08. The van der Waals surface area contributed by atoms with E-state index in [1.165, 1.54) is 7.11 Å². The predicted octanol–water partition coefficient (Wildman–Crippen LogP) is 1.44. The Morgan fingerprint density at radius 2 is 1.92 bits per heavy atom. The lowest BCUT2D eigenvalue weighted by Gasteiger charge is -2.32. The van der Waals surface area contributed by atoms with Crippen LogP contribution in [0.4, 0.5) is 0 Å². The van der Waals surface area contributed by atoms with Crippen LogP contribution in [0.2, 0.25) is 0 Å². The Labute approximate surface area is 143 Å². The van der Waals surface area contributed by atoms with Gasteiger partial charge in [0.05, 0.1) is 0 Å². The van der Waals surface area contributed by atoms with Gasteiger partial charge >= 0.3 is 0 Å². The van der Waals surface area contributed by atoms with Gasteiger partial charge in [0, 0.05) is 26.2 Å². The Morgan fingerprint density at radius 3 is 2.58 bits per heavy atom. The minimum atomic E-state index is -0.111. The van der Waals surface area contributed by atoms with Crippen molar-refractivity contribution in [2.75, 3.05) is 33.4 Å². The molecule has 1 saturated heterocycles. The van der Waals surface area contributed by atoms with E-state index in [0.717, 1.165) is 29.7 Å². The summed E-state index contributed by atoms with van der Waals surface area (Å²) in [5.74, 6) is 0.628. The van der Waals surface area contributed by atoms with Crippen molar-refractivity contribution in [3.63, 3.8) is 0 Å². The first kappa shape index (κ1) is 18.3.